The van der Waals surface area contributed by atoms with E-state index in [4.69, 9.17) is 4.74 Å². The van der Waals surface area contributed by atoms with Crippen LogP contribution in [0.25, 0.3) is 0 Å². The first kappa shape index (κ1) is 13.4. The Labute approximate surface area is 115 Å². The van der Waals surface area contributed by atoms with Crippen molar-refractivity contribution in [2.75, 3.05) is 32.8 Å². The van der Waals surface area contributed by atoms with Crippen molar-refractivity contribution in [1.29, 1.82) is 0 Å². The maximum atomic E-state index is 12.0. The lowest BCUT2D eigenvalue weighted by Crippen LogP contribution is -2.52. The van der Waals surface area contributed by atoms with E-state index in [0.29, 0.717) is 19.1 Å². The van der Waals surface area contributed by atoms with E-state index in [1.807, 2.05) is 6.92 Å². The molecule has 1 N–H and O–H groups in total. The van der Waals surface area contributed by atoms with Crippen molar-refractivity contribution < 1.29 is 9.53 Å². The van der Waals surface area contributed by atoms with E-state index in [1.54, 1.807) is 0 Å². The summed E-state index contributed by atoms with van der Waals surface area (Å²) in [7, 11) is 0. The zero-order valence-corrected chi connectivity index (χ0v) is 12.0. The molecule has 0 aromatic rings. The molecule has 1 aliphatic carbocycles. The highest BCUT2D eigenvalue weighted by Crippen LogP contribution is 2.29. The normalized spacial score (nSPS) is 31.3. The predicted octanol–water partition coefficient (Wildman–Crippen LogP) is 1.40. The fourth-order valence-electron chi connectivity index (χ4n) is 3.62. The Balaban J connectivity index is 1.40. The number of amides is 1. The molecule has 1 atom stereocenters. The maximum Gasteiger partial charge on any atom is 0.230 e. The quantitative estimate of drug-likeness (QED) is 0.836. The van der Waals surface area contributed by atoms with Crippen LogP contribution in [0.15, 0.2) is 0 Å². The summed E-state index contributed by atoms with van der Waals surface area (Å²) in [5.74, 6) is 0.826. The van der Waals surface area contributed by atoms with Crippen molar-refractivity contribution >= 4 is 5.91 Å². The fraction of sp³-hybridized carbons (Fsp3) is 0.933. The molecule has 1 amide bonds. The van der Waals surface area contributed by atoms with E-state index in [1.165, 1.54) is 45.2 Å². The minimum atomic E-state index is -0.260. The molecule has 4 nitrogen and oxygen atoms in total. The average Bonchev–Trinajstić information content (AvgIpc) is 3.02. The Hall–Kier alpha value is -0.610. The number of carbonyl (C=O) groups is 1. The number of nitrogens with zero attached hydrogens (tertiary/aromatic N) is 1. The van der Waals surface area contributed by atoms with Crippen LogP contribution in [0.2, 0.25) is 0 Å². The van der Waals surface area contributed by atoms with Crippen molar-refractivity contribution in [3.05, 3.63) is 0 Å². The topological polar surface area (TPSA) is 41.6 Å². The molecular weight excluding hydrogens is 240 g/mol. The van der Waals surface area contributed by atoms with Crippen LogP contribution in [0.1, 0.15) is 39.0 Å². The van der Waals surface area contributed by atoms with E-state index in [0.717, 1.165) is 12.6 Å². The molecule has 2 heterocycles. The Morgan fingerprint density at radius 2 is 2.05 bits per heavy atom. The molecule has 2 aliphatic heterocycles. The van der Waals surface area contributed by atoms with Gasteiger partial charge in [-0.2, -0.15) is 0 Å². The van der Waals surface area contributed by atoms with Crippen molar-refractivity contribution in [3.8, 4) is 0 Å². The highest BCUT2D eigenvalue weighted by Gasteiger charge is 2.41. The van der Waals surface area contributed by atoms with Crippen LogP contribution in [0, 0.1) is 11.3 Å². The van der Waals surface area contributed by atoms with Gasteiger partial charge in [0.1, 0.15) is 0 Å². The second-order valence-corrected chi connectivity index (χ2v) is 6.85. The molecule has 108 valence electrons. The summed E-state index contributed by atoms with van der Waals surface area (Å²) in [6, 6.07) is 0.832. The number of likely N-dealkylation sites (tertiary alicyclic amines) is 1. The molecule has 3 fully saturated rings. The molecule has 0 radical (unpaired) electrons. The highest BCUT2D eigenvalue weighted by atomic mass is 16.5. The van der Waals surface area contributed by atoms with Gasteiger partial charge in [0.25, 0.3) is 0 Å². The molecule has 3 aliphatic rings. The molecule has 3 rings (SSSR count). The van der Waals surface area contributed by atoms with Gasteiger partial charge in [0, 0.05) is 19.1 Å². The second-order valence-electron chi connectivity index (χ2n) is 6.85. The van der Waals surface area contributed by atoms with Gasteiger partial charge >= 0.3 is 0 Å². The number of rotatable bonds is 4. The Kier molecular flexibility index (Phi) is 3.81. The second kappa shape index (κ2) is 5.41. The third-order valence-electron chi connectivity index (χ3n) is 5.10. The average molecular weight is 266 g/mol. The first-order valence-corrected chi connectivity index (χ1v) is 7.77. The molecule has 0 aromatic carbocycles. The van der Waals surface area contributed by atoms with Gasteiger partial charge in [0.2, 0.25) is 5.91 Å². The zero-order valence-electron chi connectivity index (χ0n) is 12.0. The van der Waals surface area contributed by atoms with Crippen LogP contribution in [0.3, 0.4) is 0 Å². The lowest BCUT2D eigenvalue weighted by molar-refractivity contribution is -0.157. The summed E-state index contributed by atoms with van der Waals surface area (Å²) >= 11 is 0. The van der Waals surface area contributed by atoms with Crippen molar-refractivity contribution in [2.45, 2.75) is 45.1 Å². The van der Waals surface area contributed by atoms with E-state index in [-0.39, 0.29) is 11.3 Å². The minimum Gasteiger partial charge on any atom is -0.379 e. The molecule has 0 bridgehead atoms. The predicted molar refractivity (Wildman–Crippen MR) is 73.9 cm³/mol. The van der Waals surface area contributed by atoms with Gasteiger partial charge in [-0.05, 0) is 38.6 Å². The van der Waals surface area contributed by atoms with Crippen LogP contribution < -0.4 is 5.32 Å². The first-order chi connectivity index (χ1) is 9.17. The summed E-state index contributed by atoms with van der Waals surface area (Å²) in [6.45, 7) is 6.40. The first-order valence-electron chi connectivity index (χ1n) is 7.77. The molecule has 2 saturated heterocycles. The number of hydrogen-bond donors (Lipinski definition) is 1. The van der Waals surface area contributed by atoms with Gasteiger partial charge in [-0.25, -0.2) is 0 Å². The molecule has 1 saturated carbocycles. The number of hydrogen-bond acceptors (Lipinski definition) is 3. The van der Waals surface area contributed by atoms with Crippen LogP contribution in [0.4, 0.5) is 0 Å². The van der Waals surface area contributed by atoms with Crippen molar-refractivity contribution in [2.24, 2.45) is 11.3 Å². The van der Waals surface area contributed by atoms with E-state index in [9.17, 15) is 4.79 Å². The molecule has 0 aromatic heterocycles. The lowest BCUT2D eigenvalue weighted by atomic mass is 9.87. The smallest absolute Gasteiger partial charge is 0.230 e. The third kappa shape index (κ3) is 2.79. The molecule has 19 heavy (non-hydrogen) atoms. The number of ether oxygens (including phenoxy) is 1. The van der Waals surface area contributed by atoms with Crippen molar-refractivity contribution in [3.63, 3.8) is 0 Å². The summed E-state index contributed by atoms with van der Waals surface area (Å²) < 4.78 is 5.15. The third-order valence-corrected chi connectivity index (χ3v) is 5.10. The number of carbonyl (C=O) groups excluding carboxylic acids is 1. The number of nitrogens with one attached hydrogen (secondary N) is 1. The molecule has 1 unspecified atom stereocenters. The monoisotopic (exact) mass is 266 g/mol. The van der Waals surface area contributed by atoms with Gasteiger partial charge < -0.3 is 15.0 Å². The summed E-state index contributed by atoms with van der Waals surface area (Å²) in [5.41, 5.74) is -0.260. The summed E-state index contributed by atoms with van der Waals surface area (Å²) in [4.78, 5) is 14.7. The van der Waals surface area contributed by atoms with Crippen LogP contribution in [-0.4, -0.2) is 49.7 Å². The van der Waals surface area contributed by atoms with Gasteiger partial charge in [-0.3, -0.25) is 4.79 Å². The standard InChI is InChI=1S/C15H26N2O2/c1-15(10-19-11-15)14(18)16-8-12-6-7-17(9-12)13-4-2-3-5-13/h12-13H,2-11H2,1H3,(H,16,18). The highest BCUT2D eigenvalue weighted by molar-refractivity contribution is 5.83. The maximum absolute atomic E-state index is 12.0. The SMILES string of the molecule is CC1(C(=O)NCC2CCN(C3CCCC3)C2)COC1. The summed E-state index contributed by atoms with van der Waals surface area (Å²) in [5, 5.41) is 3.13. The van der Waals surface area contributed by atoms with Crippen LogP contribution in [0.5, 0.6) is 0 Å². The van der Waals surface area contributed by atoms with E-state index in [2.05, 4.69) is 10.2 Å². The van der Waals surface area contributed by atoms with Gasteiger partial charge in [-0.1, -0.05) is 12.8 Å². The van der Waals surface area contributed by atoms with Crippen LogP contribution >= 0.6 is 0 Å². The largest absolute Gasteiger partial charge is 0.379 e. The molecular formula is C15H26N2O2. The Morgan fingerprint density at radius 1 is 1.32 bits per heavy atom. The molecule has 4 heteroatoms. The minimum absolute atomic E-state index is 0.179. The van der Waals surface area contributed by atoms with Gasteiger partial charge in [-0.15, -0.1) is 0 Å². The van der Waals surface area contributed by atoms with E-state index < -0.39 is 0 Å². The zero-order chi connectivity index (χ0) is 13.3. The van der Waals surface area contributed by atoms with Crippen molar-refractivity contribution in [1.82, 2.24) is 10.2 Å². The molecule has 0 spiro atoms. The summed E-state index contributed by atoms with van der Waals surface area (Å²) in [6.07, 6.45) is 6.81. The Morgan fingerprint density at radius 3 is 2.68 bits per heavy atom. The van der Waals surface area contributed by atoms with Gasteiger partial charge in [0.15, 0.2) is 0 Å². The van der Waals surface area contributed by atoms with E-state index >= 15 is 0 Å². The fourth-order valence-corrected chi connectivity index (χ4v) is 3.62. The van der Waals surface area contributed by atoms with Crippen LogP contribution in [-0.2, 0) is 9.53 Å². The van der Waals surface area contributed by atoms with Gasteiger partial charge in [0.05, 0.1) is 18.6 Å². The lowest BCUT2D eigenvalue weighted by Gasteiger charge is -2.36. The Bertz CT molecular complexity index is 335.